The highest BCUT2D eigenvalue weighted by atomic mass is 79.9. The van der Waals surface area contributed by atoms with E-state index in [2.05, 4.69) is 36.4 Å². The lowest BCUT2D eigenvalue weighted by Gasteiger charge is -2.00. The van der Waals surface area contributed by atoms with Crippen LogP contribution in [0.1, 0.15) is 15.9 Å². The number of benzene rings is 3. The molecule has 28 heavy (non-hydrogen) atoms. The second-order valence-corrected chi connectivity index (χ2v) is 7.37. The fourth-order valence-electron chi connectivity index (χ4n) is 2.71. The summed E-state index contributed by atoms with van der Waals surface area (Å²) >= 11 is 9.62. The molecule has 0 fully saturated rings. The van der Waals surface area contributed by atoms with Crippen molar-refractivity contribution in [3.8, 4) is 11.4 Å². The maximum atomic E-state index is 12.4. The predicted molar refractivity (Wildman–Crippen MR) is 116 cm³/mol. The molecular formula is C21H14BrClN4O. The molecule has 0 aliphatic rings. The summed E-state index contributed by atoms with van der Waals surface area (Å²) in [5.41, 5.74) is 6.22. The molecule has 0 atom stereocenters. The van der Waals surface area contributed by atoms with E-state index in [4.69, 9.17) is 11.6 Å². The van der Waals surface area contributed by atoms with Crippen LogP contribution >= 0.6 is 27.5 Å². The van der Waals surface area contributed by atoms with Gasteiger partial charge in [-0.3, -0.25) is 4.79 Å². The Balaban J connectivity index is 1.53. The van der Waals surface area contributed by atoms with E-state index < -0.39 is 0 Å². The van der Waals surface area contributed by atoms with Gasteiger partial charge in [-0.15, -0.1) is 0 Å². The number of H-pyrrole nitrogens is 1. The molecule has 138 valence electrons. The molecule has 1 aromatic heterocycles. The summed E-state index contributed by atoms with van der Waals surface area (Å²) in [6.07, 6.45) is 1.59. The molecule has 2 N–H and O–H groups in total. The van der Waals surface area contributed by atoms with Crippen LogP contribution in [0.25, 0.3) is 22.4 Å². The zero-order valence-electron chi connectivity index (χ0n) is 14.5. The van der Waals surface area contributed by atoms with Gasteiger partial charge in [0, 0.05) is 15.6 Å². The van der Waals surface area contributed by atoms with Crippen molar-refractivity contribution in [3.63, 3.8) is 0 Å². The van der Waals surface area contributed by atoms with Gasteiger partial charge < -0.3 is 4.98 Å². The van der Waals surface area contributed by atoms with Crippen molar-refractivity contribution < 1.29 is 4.79 Å². The average molecular weight is 454 g/mol. The van der Waals surface area contributed by atoms with Gasteiger partial charge in [-0.25, -0.2) is 10.4 Å². The summed E-state index contributed by atoms with van der Waals surface area (Å²) in [4.78, 5) is 20.1. The van der Waals surface area contributed by atoms with Crippen molar-refractivity contribution in [2.24, 2.45) is 5.10 Å². The molecule has 4 rings (SSSR count). The number of rotatable bonds is 4. The molecular weight excluding hydrogens is 440 g/mol. The second-order valence-electron chi connectivity index (χ2n) is 6.05. The van der Waals surface area contributed by atoms with E-state index in [0.717, 1.165) is 26.6 Å². The van der Waals surface area contributed by atoms with E-state index in [1.54, 1.807) is 24.4 Å². The first-order valence-corrected chi connectivity index (χ1v) is 9.61. The zero-order valence-corrected chi connectivity index (χ0v) is 16.8. The Labute approximate surface area is 174 Å². The fraction of sp³-hybridized carbons (Fsp3) is 0. The SMILES string of the molecule is O=C(N/N=C/c1ccc(Br)cc1)c1ccc2nc(-c3ccccc3Cl)[nH]c2c1. The zero-order chi connectivity index (χ0) is 19.5. The smallest absolute Gasteiger partial charge is 0.271 e. The van der Waals surface area contributed by atoms with Crippen LogP contribution in [0.15, 0.2) is 76.3 Å². The molecule has 5 nitrogen and oxygen atoms in total. The normalized spacial score (nSPS) is 11.2. The van der Waals surface area contributed by atoms with Crippen molar-refractivity contribution in [1.29, 1.82) is 0 Å². The number of halogens is 2. The lowest BCUT2D eigenvalue weighted by molar-refractivity contribution is 0.0955. The van der Waals surface area contributed by atoms with E-state index in [9.17, 15) is 4.79 Å². The summed E-state index contributed by atoms with van der Waals surface area (Å²) in [6, 6.07) is 20.3. The first-order valence-electron chi connectivity index (χ1n) is 8.44. The summed E-state index contributed by atoms with van der Waals surface area (Å²) in [5.74, 6) is 0.357. The molecule has 7 heteroatoms. The van der Waals surface area contributed by atoms with Crippen LogP contribution in [-0.4, -0.2) is 22.1 Å². The number of hydrogen-bond donors (Lipinski definition) is 2. The summed E-state index contributed by atoms with van der Waals surface area (Å²) in [6.45, 7) is 0. The number of amides is 1. The molecule has 0 aliphatic carbocycles. The highest BCUT2D eigenvalue weighted by molar-refractivity contribution is 9.10. The molecule has 0 unspecified atom stereocenters. The van der Waals surface area contributed by atoms with Gasteiger partial charge >= 0.3 is 0 Å². The number of aromatic nitrogens is 2. The van der Waals surface area contributed by atoms with Crippen LogP contribution in [0.4, 0.5) is 0 Å². The Morgan fingerprint density at radius 1 is 1.11 bits per heavy atom. The van der Waals surface area contributed by atoms with E-state index in [1.165, 1.54) is 0 Å². The molecule has 0 saturated carbocycles. The summed E-state index contributed by atoms with van der Waals surface area (Å²) in [5, 5.41) is 4.62. The lowest BCUT2D eigenvalue weighted by atomic mass is 10.2. The first-order chi connectivity index (χ1) is 13.6. The van der Waals surface area contributed by atoms with E-state index in [1.807, 2.05) is 48.5 Å². The number of fused-ring (bicyclic) bond motifs is 1. The van der Waals surface area contributed by atoms with Gasteiger partial charge in [0.25, 0.3) is 5.91 Å². The number of nitrogens with one attached hydrogen (secondary N) is 2. The van der Waals surface area contributed by atoms with Crippen LogP contribution in [-0.2, 0) is 0 Å². The summed E-state index contributed by atoms with van der Waals surface area (Å²) < 4.78 is 0.984. The highest BCUT2D eigenvalue weighted by Gasteiger charge is 2.11. The minimum absolute atomic E-state index is 0.302. The van der Waals surface area contributed by atoms with Crippen molar-refractivity contribution in [2.45, 2.75) is 0 Å². The third-order valence-corrected chi connectivity index (χ3v) is 4.98. The number of carbonyl (C=O) groups excluding carboxylic acids is 1. The lowest BCUT2D eigenvalue weighted by Crippen LogP contribution is -2.17. The minimum Gasteiger partial charge on any atom is -0.338 e. The number of aromatic amines is 1. The Morgan fingerprint density at radius 3 is 2.68 bits per heavy atom. The Morgan fingerprint density at radius 2 is 1.89 bits per heavy atom. The fourth-order valence-corrected chi connectivity index (χ4v) is 3.20. The number of hydrogen-bond acceptors (Lipinski definition) is 3. The van der Waals surface area contributed by atoms with Crippen molar-refractivity contribution in [2.75, 3.05) is 0 Å². The molecule has 0 aliphatic heterocycles. The van der Waals surface area contributed by atoms with Crippen molar-refractivity contribution >= 4 is 50.7 Å². The van der Waals surface area contributed by atoms with Gasteiger partial charge in [-0.2, -0.15) is 5.10 Å². The van der Waals surface area contributed by atoms with Gasteiger partial charge in [0.15, 0.2) is 0 Å². The van der Waals surface area contributed by atoms with Gasteiger partial charge in [0.1, 0.15) is 5.82 Å². The maximum absolute atomic E-state index is 12.4. The van der Waals surface area contributed by atoms with Gasteiger partial charge in [0.2, 0.25) is 0 Å². The third kappa shape index (κ3) is 3.98. The standard InChI is InChI=1S/C21H14BrClN4O/c22-15-8-5-13(6-9-15)12-24-27-21(28)14-7-10-18-19(11-14)26-20(25-18)16-3-1-2-4-17(16)23/h1-12H,(H,25,26)(H,27,28)/b24-12+. The van der Waals surface area contributed by atoms with Gasteiger partial charge in [0.05, 0.1) is 22.3 Å². The maximum Gasteiger partial charge on any atom is 0.271 e. The van der Waals surface area contributed by atoms with Gasteiger partial charge in [-0.05, 0) is 48.0 Å². The monoisotopic (exact) mass is 452 g/mol. The number of carbonyl (C=O) groups is 1. The highest BCUT2D eigenvalue weighted by Crippen LogP contribution is 2.27. The third-order valence-electron chi connectivity index (χ3n) is 4.12. The molecule has 0 radical (unpaired) electrons. The Hall–Kier alpha value is -2.96. The summed E-state index contributed by atoms with van der Waals surface area (Å²) in [7, 11) is 0. The van der Waals surface area contributed by atoms with Crippen LogP contribution < -0.4 is 5.43 Å². The van der Waals surface area contributed by atoms with Crippen LogP contribution in [0, 0.1) is 0 Å². The quantitative estimate of drug-likeness (QED) is 0.320. The Bertz CT molecular complexity index is 1180. The Kier molecular flexibility index (Phi) is 5.23. The van der Waals surface area contributed by atoms with Crippen LogP contribution in [0.5, 0.6) is 0 Å². The van der Waals surface area contributed by atoms with E-state index >= 15 is 0 Å². The predicted octanol–water partition coefficient (Wildman–Crippen LogP) is 5.41. The largest absolute Gasteiger partial charge is 0.338 e. The minimum atomic E-state index is -0.302. The van der Waals surface area contributed by atoms with E-state index in [-0.39, 0.29) is 5.91 Å². The average Bonchev–Trinajstić information content (AvgIpc) is 3.12. The molecule has 0 saturated heterocycles. The number of imidazole rings is 1. The van der Waals surface area contributed by atoms with E-state index in [0.29, 0.717) is 16.4 Å². The topological polar surface area (TPSA) is 70.1 Å². The van der Waals surface area contributed by atoms with Crippen molar-refractivity contribution in [1.82, 2.24) is 15.4 Å². The molecule has 1 amide bonds. The van der Waals surface area contributed by atoms with Crippen LogP contribution in [0.2, 0.25) is 5.02 Å². The molecule has 0 bridgehead atoms. The molecule has 0 spiro atoms. The number of hydrazone groups is 1. The molecule has 1 heterocycles. The number of nitrogens with zero attached hydrogens (tertiary/aromatic N) is 2. The molecule has 4 aromatic rings. The van der Waals surface area contributed by atoms with Crippen molar-refractivity contribution in [3.05, 3.63) is 87.4 Å². The second kappa shape index (κ2) is 7.96. The van der Waals surface area contributed by atoms with Gasteiger partial charge in [-0.1, -0.05) is 51.8 Å². The molecule has 3 aromatic carbocycles. The first kappa shape index (κ1) is 18.4. The van der Waals surface area contributed by atoms with Crippen LogP contribution in [0.3, 0.4) is 0 Å².